The first-order chi connectivity index (χ1) is 4.83. The Morgan fingerprint density at radius 2 is 2.10 bits per heavy atom. The minimum atomic E-state index is 0.327. The van der Waals surface area contributed by atoms with Crippen LogP contribution in [-0.2, 0) is 0 Å². The molecule has 0 heterocycles. The van der Waals surface area contributed by atoms with Crippen LogP contribution in [0.4, 0.5) is 0 Å². The van der Waals surface area contributed by atoms with Gasteiger partial charge in [-0.25, -0.2) is 0 Å². The van der Waals surface area contributed by atoms with Gasteiger partial charge in [-0.1, -0.05) is 0 Å². The monoisotopic (exact) mass is 163 g/mol. The van der Waals surface area contributed by atoms with Crippen molar-refractivity contribution in [1.82, 2.24) is 0 Å². The molecule has 0 bridgehead atoms. The summed E-state index contributed by atoms with van der Waals surface area (Å²) >= 11 is 3.53. The molecule has 2 nitrogen and oxygen atoms in total. The number of rotatable bonds is 1. The van der Waals surface area contributed by atoms with Gasteiger partial charge in [-0.2, -0.15) is 12.6 Å². The first-order valence-electron chi connectivity index (χ1n) is 3.64. The minimum Gasteiger partial charge on any atom is -0.396 e. The van der Waals surface area contributed by atoms with E-state index in [0.717, 1.165) is 19.3 Å². The Bertz CT molecular complexity index is 80.0. The van der Waals surface area contributed by atoms with E-state index in [1.165, 1.54) is 0 Å². The highest BCUT2D eigenvalue weighted by molar-refractivity contribution is 7.79. The fraction of sp³-hybridized carbons (Fsp3) is 1.00. The summed E-state index contributed by atoms with van der Waals surface area (Å²) in [5.41, 5.74) is 5.59. The predicted molar refractivity (Wildman–Crippen MR) is 47.3 cm³/mol. The van der Waals surface area contributed by atoms with E-state index in [2.05, 4.69) is 12.6 Å². The van der Waals surface area contributed by atoms with Crippen LogP contribution in [0.2, 0.25) is 0 Å². The molecule has 0 amide bonds. The maximum atomic E-state index is 8.63. The predicted octanol–water partition coefficient (Wildman–Crippen LogP) is 0.652. The second kappa shape index (κ2) is 6.01. The molecule has 2 unspecified atom stereocenters. The van der Waals surface area contributed by atoms with E-state index < -0.39 is 0 Å². The largest absolute Gasteiger partial charge is 0.396 e. The summed E-state index contributed by atoms with van der Waals surface area (Å²) in [7, 11) is 0. The summed E-state index contributed by atoms with van der Waals surface area (Å²) < 4.78 is 0. The first-order valence-corrected chi connectivity index (χ1v) is 4.53. The van der Waals surface area contributed by atoms with Gasteiger partial charge in [0.1, 0.15) is 0 Å². The first kappa shape index (κ1) is 10.3. The van der Waals surface area contributed by atoms with Crippen molar-refractivity contribution in [2.24, 2.45) is 11.7 Å². The quantitative estimate of drug-likeness (QED) is 0.497. The molecule has 0 aliphatic heterocycles. The van der Waals surface area contributed by atoms with Gasteiger partial charge in [0.2, 0.25) is 0 Å². The molecule has 0 radical (unpaired) electrons. The smallest absolute Gasteiger partial charge is 0.0459 e. The third-order valence-electron chi connectivity index (χ3n) is 1.84. The molecule has 3 heteroatoms. The average molecular weight is 163 g/mol. The molecule has 0 spiro atoms. The number of aliphatic hydroxyl groups is 1. The normalized spacial score (nSPS) is 31.2. The Morgan fingerprint density at radius 3 is 2.30 bits per heavy atom. The topological polar surface area (TPSA) is 46.2 Å². The Morgan fingerprint density at radius 1 is 1.50 bits per heavy atom. The van der Waals surface area contributed by atoms with Crippen LogP contribution in [0.25, 0.3) is 0 Å². The lowest BCUT2D eigenvalue weighted by Crippen LogP contribution is -2.15. The lowest BCUT2D eigenvalue weighted by atomic mass is 10.1. The third kappa shape index (κ3) is 3.44. The molecule has 1 aliphatic carbocycles. The summed E-state index contributed by atoms with van der Waals surface area (Å²) in [5, 5.41) is 8.63. The number of aliphatic hydroxyl groups excluding tert-OH is 1. The van der Waals surface area contributed by atoms with Crippen molar-refractivity contribution in [3.63, 3.8) is 0 Å². The minimum absolute atomic E-state index is 0.327. The van der Waals surface area contributed by atoms with Crippen LogP contribution in [0.1, 0.15) is 19.3 Å². The van der Waals surface area contributed by atoms with Gasteiger partial charge < -0.3 is 10.8 Å². The standard InChI is InChI=1S/C6H13NO.CH4S/c7-6-2-1-5(3-6)4-8;1-2/h5-6,8H,1-4,7H2;2H,1H3. The lowest BCUT2D eigenvalue weighted by molar-refractivity contribution is 0.229. The van der Waals surface area contributed by atoms with Crippen molar-refractivity contribution in [1.29, 1.82) is 0 Å². The van der Waals surface area contributed by atoms with Gasteiger partial charge in [0.05, 0.1) is 0 Å². The zero-order valence-corrected chi connectivity index (χ0v) is 7.35. The molecule has 1 aliphatic rings. The van der Waals surface area contributed by atoms with Gasteiger partial charge >= 0.3 is 0 Å². The van der Waals surface area contributed by atoms with Gasteiger partial charge in [-0.3, -0.25) is 0 Å². The summed E-state index contributed by atoms with van der Waals surface area (Å²) in [6, 6.07) is 0.368. The highest BCUT2D eigenvalue weighted by Crippen LogP contribution is 2.22. The Hall–Kier alpha value is 0.270. The van der Waals surface area contributed by atoms with Gasteiger partial charge in [0.15, 0.2) is 0 Å². The average Bonchev–Trinajstić information content (AvgIpc) is 2.40. The van der Waals surface area contributed by atoms with Gasteiger partial charge in [0.25, 0.3) is 0 Å². The highest BCUT2D eigenvalue weighted by atomic mass is 32.1. The third-order valence-corrected chi connectivity index (χ3v) is 1.84. The summed E-state index contributed by atoms with van der Waals surface area (Å²) in [6.07, 6.45) is 4.94. The number of thiol groups is 1. The Labute approximate surface area is 68.2 Å². The summed E-state index contributed by atoms with van der Waals surface area (Å²) in [5.74, 6) is 0.505. The zero-order valence-electron chi connectivity index (χ0n) is 6.45. The lowest BCUT2D eigenvalue weighted by Gasteiger charge is -2.01. The van der Waals surface area contributed by atoms with E-state index in [4.69, 9.17) is 10.8 Å². The van der Waals surface area contributed by atoms with E-state index >= 15 is 0 Å². The number of hydrogen-bond donors (Lipinski definition) is 3. The van der Waals surface area contributed by atoms with Crippen LogP contribution in [0.5, 0.6) is 0 Å². The molecule has 1 saturated carbocycles. The maximum Gasteiger partial charge on any atom is 0.0459 e. The van der Waals surface area contributed by atoms with E-state index in [0.29, 0.717) is 18.6 Å². The zero-order chi connectivity index (χ0) is 7.98. The number of hydrogen-bond acceptors (Lipinski definition) is 3. The van der Waals surface area contributed by atoms with E-state index in [-0.39, 0.29) is 0 Å². The van der Waals surface area contributed by atoms with Crippen LogP contribution in [0, 0.1) is 5.92 Å². The Kier molecular flexibility index (Phi) is 6.17. The molecule has 0 aromatic carbocycles. The Balaban J connectivity index is 0.000000371. The van der Waals surface area contributed by atoms with Crippen LogP contribution in [0.3, 0.4) is 0 Å². The van der Waals surface area contributed by atoms with Crippen molar-refractivity contribution in [3.8, 4) is 0 Å². The van der Waals surface area contributed by atoms with Crippen LogP contribution in [0.15, 0.2) is 0 Å². The van der Waals surface area contributed by atoms with Gasteiger partial charge in [-0.15, -0.1) is 0 Å². The number of nitrogens with two attached hydrogens (primary N) is 1. The van der Waals surface area contributed by atoms with Crippen LogP contribution in [-0.4, -0.2) is 24.0 Å². The fourth-order valence-corrected chi connectivity index (χ4v) is 1.28. The van der Waals surface area contributed by atoms with E-state index in [1.807, 2.05) is 0 Å². The molecule has 1 fully saturated rings. The summed E-state index contributed by atoms with van der Waals surface area (Å²) in [4.78, 5) is 0. The fourth-order valence-electron chi connectivity index (χ4n) is 1.28. The van der Waals surface area contributed by atoms with Crippen molar-refractivity contribution >= 4 is 12.6 Å². The second-order valence-electron chi connectivity index (χ2n) is 2.62. The van der Waals surface area contributed by atoms with E-state index in [9.17, 15) is 0 Å². The molecular weight excluding hydrogens is 146 g/mol. The molecule has 0 aromatic heterocycles. The van der Waals surface area contributed by atoms with Gasteiger partial charge in [0, 0.05) is 12.6 Å². The van der Waals surface area contributed by atoms with Crippen molar-refractivity contribution in [2.75, 3.05) is 12.9 Å². The molecule has 2 atom stereocenters. The van der Waals surface area contributed by atoms with Crippen molar-refractivity contribution < 1.29 is 5.11 Å². The van der Waals surface area contributed by atoms with Crippen LogP contribution >= 0.6 is 12.6 Å². The molecule has 1 rings (SSSR count). The summed E-state index contributed by atoms with van der Waals surface area (Å²) in [6.45, 7) is 0.327. The maximum absolute atomic E-state index is 8.63. The molecule has 0 saturated heterocycles. The van der Waals surface area contributed by atoms with E-state index in [1.54, 1.807) is 6.26 Å². The van der Waals surface area contributed by atoms with Crippen LogP contribution < -0.4 is 5.73 Å². The molecule has 3 N–H and O–H groups in total. The molecule has 62 valence electrons. The molecular formula is C7H17NOS. The van der Waals surface area contributed by atoms with Crippen molar-refractivity contribution in [3.05, 3.63) is 0 Å². The van der Waals surface area contributed by atoms with Crippen molar-refractivity contribution in [2.45, 2.75) is 25.3 Å². The SMILES string of the molecule is CS.NC1CCC(CO)C1. The second-order valence-corrected chi connectivity index (χ2v) is 2.62. The van der Waals surface area contributed by atoms with Gasteiger partial charge in [-0.05, 0) is 31.4 Å². The highest BCUT2D eigenvalue weighted by Gasteiger charge is 2.19. The molecule has 10 heavy (non-hydrogen) atoms. The molecule has 0 aromatic rings.